The van der Waals surface area contributed by atoms with Gasteiger partial charge in [-0.05, 0) is 106 Å². The zero-order valence-corrected chi connectivity index (χ0v) is 22.9. The Kier molecular flexibility index (Phi) is 6.64. The summed E-state index contributed by atoms with van der Waals surface area (Å²) >= 11 is 1.49. The Morgan fingerprint density at radius 1 is 1.27 bits per heavy atom. The number of carbonyl (C=O) groups is 2. The number of aryl methyl sites for hydroxylation is 2. The van der Waals surface area contributed by atoms with Crippen LogP contribution in [0.5, 0.6) is 5.75 Å². The van der Waals surface area contributed by atoms with Gasteiger partial charge in [-0.3, -0.25) is 14.5 Å². The number of hydrogen-bond acceptors (Lipinski definition) is 6. The first-order valence-corrected chi connectivity index (χ1v) is 15.0. The number of benzene rings is 1. The summed E-state index contributed by atoms with van der Waals surface area (Å²) in [5.74, 6) is 2.35. The number of rotatable bonds is 6. The average molecular weight is 522 g/mol. The van der Waals surface area contributed by atoms with Gasteiger partial charge in [-0.25, -0.2) is 4.98 Å². The molecule has 3 unspecified atom stereocenters. The quantitative estimate of drug-likeness (QED) is 0.500. The minimum absolute atomic E-state index is 0.00113. The number of hydrogen-bond donors (Lipinski definition) is 2. The third-order valence-corrected chi connectivity index (χ3v) is 10.8. The van der Waals surface area contributed by atoms with Crippen molar-refractivity contribution in [2.24, 2.45) is 23.2 Å². The molecule has 3 aliphatic carbocycles. The number of nitrogens with one attached hydrogen (secondary N) is 1. The molecular formula is C30H39N3O3S. The minimum Gasteiger partial charge on any atom is -0.508 e. The zero-order chi connectivity index (χ0) is 25.7. The van der Waals surface area contributed by atoms with Crippen LogP contribution in [0.3, 0.4) is 0 Å². The fourth-order valence-corrected chi connectivity index (χ4v) is 8.88. The van der Waals surface area contributed by atoms with Gasteiger partial charge < -0.3 is 10.4 Å². The first-order valence-electron chi connectivity index (χ1n) is 14.1. The molecule has 37 heavy (non-hydrogen) atoms. The highest BCUT2D eigenvalue weighted by Gasteiger charge is 2.58. The van der Waals surface area contributed by atoms with Crippen LogP contribution < -0.4 is 5.32 Å². The van der Waals surface area contributed by atoms with E-state index in [4.69, 9.17) is 0 Å². The molecule has 0 radical (unpaired) electrons. The Hall–Kier alpha value is -2.25. The number of aromatic nitrogens is 1. The summed E-state index contributed by atoms with van der Waals surface area (Å²) in [6.45, 7) is 7.24. The molecule has 3 fully saturated rings. The monoisotopic (exact) mass is 521 g/mol. The molecule has 2 heterocycles. The Balaban J connectivity index is 1.21. The Labute approximate surface area is 223 Å². The molecule has 6 nitrogen and oxygen atoms in total. The van der Waals surface area contributed by atoms with Gasteiger partial charge in [0.2, 0.25) is 5.91 Å². The van der Waals surface area contributed by atoms with E-state index in [2.05, 4.69) is 28.2 Å². The number of phenolic OH excluding ortho intramolecular Hbond substituents is 1. The lowest BCUT2D eigenvalue weighted by Gasteiger charge is -2.50. The van der Waals surface area contributed by atoms with Crippen molar-refractivity contribution >= 4 is 28.2 Å². The van der Waals surface area contributed by atoms with Crippen LogP contribution in [-0.2, 0) is 22.6 Å². The third kappa shape index (κ3) is 4.63. The molecule has 7 heteroatoms. The van der Waals surface area contributed by atoms with Crippen molar-refractivity contribution in [3.63, 3.8) is 0 Å². The summed E-state index contributed by atoms with van der Waals surface area (Å²) in [7, 11) is 0. The lowest BCUT2D eigenvalue weighted by Crippen LogP contribution is -2.44. The highest BCUT2D eigenvalue weighted by molar-refractivity contribution is 7.15. The van der Waals surface area contributed by atoms with Gasteiger partial charge in [0.05, 0.1) is 0 Å². The van der Waals surface area contributed by atoms with Crippen LogP contribution >= 0.6 is 11.3 Å². The molecule has 4 aliphatic rings. The van der Waals surface area contributed by atoms with Gasteiger partial charge in [-0.2, -0.15) is 0 Å². The van der Waals surface area contributed by atoms with E-state index >= 15 is 0 Å². The molecule has 2 saturated carbocycles. The molecule has 5 atom stereocenters. The first-order chi connectivity index (χ1) is 17.8. The van der Waals surface area contributed by atoms with Crippen LogP contribution in [0.25, 0.3) is 0 Å². The maximum absolute atomic E-state index is 13.3. The van der Waals surface area contributed by atoms with Crippen molar-refractivity contribution in [1.29, 1.82) is 0 Å². The van der Waals surface area contributed by atoms with Crippen molar-refractivity contribution in [3.05, 3.63) is 39.9 Å². The zero-order valence-electron chi connectivity index (χ0n) is 22.1. The van der Waals surface area contributed by atoms with E-state index < -0.39 is 0 Å². The molecule has 0 spiro atoms. The van der Waals surface area contributed by atoms with Crippen LogP contribution in [0.4, 0.5) is 5.13 Å². The van der Waals surface area contributed by atoms with Gasteiger partial charge in [-0.15, -0.1) is 11.3 Å². The Bertz CT molecular complexity index is 1200. The molecule has 198 valence electrons. The van der Waals surface area contributed by atoms with E-state index in [1.165, 1.54) is 35.3 Å². The normalized spacial score (nSPS) is 31.1. The Morgan fingerprint density at radius 3 is 2.84 bits per heavy atom. The summed E-state index contributed by atoms with van der Waals surface area (Å²) in [6, 6.07) is 4.34. The number of amides is 1. The van der Waals surface area contributed by atoms with Crippen LogP contribution in [-0.4, -0.2) is 39.8 Å². The molecule has 1 saturated heterocycles. The number of aromatic hydroxyl groups is 1. The van der Waals surface area contributed by atoms with Gasteiger partial charge in [0.25, 0.3) is 0 Å². The summed E-state index contributed by atoms with van der Waals surface area (Å²) in [5.41, 5.74) is 3.51. The lowest BCUT2D eigenvalue weighted by molar-refractivity contribution is -0.129. The molecule has 6 rings (SSSR count). The second kappa shape index (κ2) is 9.81. The number of phenols is 1. The molecule has 1 aromatic heterocycles. The number of Topliss-reactive ketones (excluding diaryl/α,β-unsaturated/α-hetero) is 1. The average Bonchev–Trinajstić information content (AvgIpc) is 3.58. The molecule has 1 aromatic carbocycles. The van der Waals surface area contributed by atoms with Crippen molar-refractivity contribution in [1.82, 2.24) is 9.88 Å². The van der Waals surface area contributed by atoms with Gasteiger partial charge in [0, 0.05) is 41.4 Å². The summed E-state index contributed by atoms with van der Waals surface area (Å²) in [5, 5.41) is 14.4. The van der Waals surface area contributed by atoms with E-state index in [1.807, 2.05) is 13.0 Å². The van der Waals surface area contributed by atoms with Crippen LogP contribution in [0.1, 0.15) is 85.8 Å². The molecule has 0 bridgehead atoms. The number of anilines is 1. The predicted octanol–water partition coefficient (Wildman–Crippen LogP) is 5.82. The second-order valence-electron chi connectivity index (χ2n) is 12.2. The Morgan fingerprint density at radius 2 is 2.08 bits per heavy atom. The number of ketones is 1. The summed E-state index contributed by atoms with van der Waals surface area (Å²) in [4.78, 5) is 33.8. The smallest absolute Gasteiger partial charge is 0.226 e. The SMILES string of the molecule is Cc1cnc(NC(=O)CC[C@@H]2CC(=O)[C@@]3(C)CCC4c5cc(CN6CCCC6)c(O)cc5CCC4C23)s1. The summed E-state index contributed by atoms with van der Waals surface area (Å²) in [6.07, 6.45) is 10.1. The fraction of sp³-hybridized carbons (Fsp3) is 0.633. The van der Waals surface area contributed by atoms with Crippen molar-refractivity contribution in [2.75, 3.05) is 18.4 Å². The van der Waals surface area contributed by atoms with Gasteiger partial charge in [0.1, 0.15) is 11.5 Å². The minimum atomic E-state index is -0.262. The van der Waals surface area contributed by atoms with Gasteiger partial charge in [0.15, 0.2) is 5.13 Å². The van der Waals surface area contributed by atoms with E-state index in [0.717, 1.165) is 62.2 Å². The number of carbonyl (C=O) groups excluding carboxylic acids is 2. The number of nitrogens with zero attached hydrogens (tertiary/aromatic N) is 2. The van der Waals surface area contributed by atoms with E-state index in [-0.39, 0.29) is 17.2 Å². The predicted molar refractivity (Wildman–Crippen MR) is 146 cm³/mol. The van der Waals surface area contributed by atoms with Gasteiger partial charge in [-0.1, -0.05) is 13.0 Å². The summed E-state index contributed by atoms with van der Waals surface area (Å²) < 4.78 is 0. The fourth-order valence-electron chi connectivity index (χ4n) is 8.20. The second-order valence-corrected chi connectivity index (χ2v) is 13.4. The van der Waals surface area contributed by atoms with Crippen LogP contribution in [0.2, 0.25) is 0 Å². The largest absolute Gasteiger partial charge is 0.508 e. The van der Waals surface area contributed by atoms with Crippen LogP contribution in [0, 0.1) is 30.1 Å². The van der Waals surface area contributed by atoms with Crippen molar-refractivity contribution < 1.29 is 14.7 Å². The van der Waals surface area contributed by atoms with Crippen molar-refractivity contribution in [3.8, 4) is 5.75 Å². The van der Waals surface area contributed by atoms with Crippen molar-refractivity contribution in [2.45, 2.75) is 84.1 Å². The maximum Gasteiger partial charge on any atom is 0.226 e. The maximum atomic E-state index is 13.3. The molecule has 2 aromatic rings. The van der Waals surface area contributed by atoms with Crippen LogP contribution in [0.15, 0.2) is 18.3 Å². The molecular weight excluding hydrogens is 482 g/mol. The van der Waals surface area contributed by atoms with E-state index in [9.17, 15) is 14.7 Å². The molecule has 1 aliphatic heterocycles. The van der Waals surface area contributed by atoms with E-state index in [1.54, 1.807) is 6.20 Å². The lowest BCUT2D eigenvalue weighted by atomic mass is 9.54. The number of fused-ring (bicyclic) bond motifs is 5. The van der Waals surface area contributed by atoms with E-state index in [0.29, 0.717) is 47.3 Å². The number of thiazole rings is 1. The topological polar surface area (TPSA) is 82.5 Å². The van der Waals surface area contributed by atoms with Gasteiger partial charge >= 0.3 is 0 Å². The number of likely N-dealkylation sites (tertiary alicyclic amines) is 1. The molecule has 1 amide bonds. The standard InChI is InChI=1S/C30H39N3O3S/c1-18-16-31-29(37-18)32-27(36)8-6-20-15-26(35)30(2)10-9-22-23(28(20)30)7-5-19-14-25(34)21(13-24(19)22)17-33-11-3-4-12-33/h13-14,16,20,22-23,28,34H,3-12,15,17H2,1-2H3,(H,31,32,36)/t20-,22?,23?,28?,30-/m1/s1. The highest BCUT2D eigenvalue weighted by atomic mass is 32.1. The highest BCUT2D eigenvalue weighted by Crippen LogP contribution is 2.62. The first kappa shape index (κ1) is 25.1. The third-order valence-electron chi connectivity index (χ3n) is 9.97. The molecule has 2 N–H and O–H groups in total.